The maximum Gasteiger partial charge on any atom is 0.230 e. The van der Waals surface area contributed by atoms with Crippen molar-refractivity contribution in [2.24, 2.45) is 0 Å². The monoisotopic (exact) mass is 490 g/mol. The number of thioether (sulfide) groups is 2. The smallest absolute Gasteiger partial charge is 0.230 e. The molecule has 4 rings (SSSR count). The van der Waals surface area contributed by atoms with Crippen molar-refractivity contribution in [2.75, 3.05) is 12.9 Å². The standard InChI is InChI=1S/C26H26N4O2S2/c1-19-11-13-21(14-12-19)30-24(16-27-25(31)18-33-23-9-4-3-5-10-23)28-29-26(30)34-17-20-7-6-8-22(15-20)32-2/h3-15H,16-18H2,1-2H3,(H,27,31). The molecule has 0 fully saturated rings. The second kappa shape index (κ2) is 11.8. The molecular weight excluding hydrogens is 464 g/mol. The summed E-state index contributed by atoms with van der Waals surface area (Å²) in [4.78, 5) is 13.5. The van der Waals surface area contributed by atoms with Crippen molar-refractivity contribution in [2.45, 2.75) is 29.3 Å². The molecular formula is C26H26N4O2S2. The molecule has 0 aliphatic heterocycles. The summed E-state index contributed by atoms with van der Waals surface area (Å²) in [5.74, 6) is 2.55. The van der Waals surface area contributed by atoms with Crippen molar-refractivity contribution in [3.8, 4) is 11.4 Å². The molecule has 6 nitrogen and oxygen atoms in total. The number of benzene rings is 3. The summed E-state index contributed by atoms with van der Waals surface area (Å²) in [6, 6.07) is 26.1. The zero-order valence-electron chi connectivity index (χ0n) is 19.1. The highest BCUT2D eigenvalue weighted by molar-refractivity contribution is 8.00. The zero-order valence-corrected chi connectivity index (χ0v) is 20.7. The van der Waals surface area contributed by atoms with Crippen molar-refractivity contribution in [1.82, 2.24) is 20.1 Å². The number of aromatic nitrogens is 3. The van der Waals surface area contributed by atoms with Crippen molar-refractivity contribution >= 4 is 29.4 Å². The third-order valence-electron chi connectivity index (χ3n) is 5.05. The van der Waals surface area contributed by atoms with Gasteiger partial charge in [-0.05, 0) is 48.9 Å². The summed E-state index contributed by atoms with van der Waals surface area (Å²) in [5, 5.41) is 12.6. The Hall–Kier alpha value is -3.23. The minimum Gasteiger partial charge on any atom is -0.497 e. The van der Waals surface area contributed by atoms with Gasteiger partial charge in [-0.3, -0.25) is 9.36 Å². The van der Waals surface area contributed by atoms with Gasteiger partial charge in [-0.1, -0.05) is 59.8 Å². The van der Waals surface area contributed by atoms with Gasteiger partial charge < -0.3 is 10.1 Å². The molecule has 1 heterocycles. The van der Waals surface area contributed by atoms with Gasteiger partial charge in [0.05, 0.1) is 19.4 Å². The molecule has 8 heteroatoms. The summed E-state index contributed by atoms with van der Waals surface area (Å²) >= 11 is 3.11. The maximum absolute atomic E-state index is 12.5. The van der Waals surface area contributed by atoms with E-state index in [4.69, 9.17) is 4.74 Å². The molecule has 34 heavy (non-hydrogen) atoms. The molecule has 0 bridgehead atoms. The predicted molar refractivity (Wildman–Crippen MR) is 138 cm³/mol. The first-order valence-corrected chi connectivity index (χ1v) is 12.8. The Morgan fingerprint density at radius 3 is 2.53 bits per heavy atom. The fourth-order valence-corrected chi connectivity index (χ4v) is 4.93. The van der Waals surface area contributed by atoms with Gasteiger partial charge in [-0.2, -0.15) is 0 Å². The van der Waals surface area contributed by atoms with Crippen LogP contribution in [0.15, 0.2) is 88.9 Å². The van der Waals surface area contributed by atoms with Crippen LogP contribution in [0.2, 0.25) is 0 Å². The highest BCUT2D eigenvalue weighted by Gasteiger charge is 2.16. The van der Waals surface area contributed by atoms with Crippen LogP contribution in [0.25, 0.3) is 5.69 Å². The molecule has 0 unspecified atom stereocenters. The van der Waals surface area contributed by atoms with Gasteiger partial charge in [0.25, 0.3) is 0 Å². The van der Waals surface area contributed by atoms with Gasteiger partial charge in [0.15, 0.2) is 11.0 Å². The zero-order chi connectivity index (χ0) is 23.8. The quantitative estimate of drug-likeness (QED) is 0.305. The SMILES string of the molecule is COc1cccc(CSc2nnc(CNC(=O)CSc3ccccc3)n2-c2ccc(C)cc2)c1. The molecule has 0 aliphatic carbocycles. The van der Waals surface area contributed by atoms with Crippen molar-refractivity contribution in [1.29, 1.82) is 0 Å². The maximum atomic E-state index is 12.5. The van der Waals surface area contributed by atoms with Crippen LogP contribution in [-0.4, -0.2) is 33.5 Å². The second-order valence-electron chi connectivity index (χ2n) is 7.59. The van der Waals surface area contributed by atoms with Gasteiger partial charge in [-0.25, -0.2) is 0 Å². The van der Waals surface area contributed by atoms with E-state index in [0.29, 0.717) is 18.1 Å². The third-order valence-corrected chi connectivity index (χ3v) is 7.06. The van der Waals surface area contributed by atoms with Crippen LogP contribution in [0.4, 0.5) is 0 Å². The summed E-state index contributed by atoms with van der Waals surface area (Å²) in [5.41, 5.74) is 3.28. The first-order chi connectivity index (χ1) is 16.6. The van der Waals surface area contributed by atoms with E-state index < -0.39 is 0 Å². The molecule has 174 valence electrons. The number of amides is 1. The molecule has 1 amide bonds. The van der Waals surface area contributed by atoms with E-state index in [9.17, 15) is 4.79 Å². The van der Waals surface area contributed by atoms with E-state index in [1.807, 2.05) is 65.2 Å². The number of aryl methyl sites for hydroxylation is 1. The number of carbonyl (C=O) groups excluding carboxylic acids is 1. The lowest BCUT2D eigenvalue weighted by atomic mass is 10.2. The van der Waals surface area contributed by atoms with Crippen LogP contribution in [0.1, 0.15) is 17.0 Å². The van der Waals surface area contributed by atoms with Gasteiger partial charge in [0.1, 0.15) is 5.75 Å². The Morgan fingerprint density at radius 1 is 0.971 bits per heavy atom. The van der Waals surface area contributed by atoms with Crippen LogP contribution in [0, 0.1) is 6.92 Å². The molecule has 0 atom stereocenters. The lowest BCUT2D eigenvalue weighted by Crippen LogP contribution is -2.26. The molecule has 4 aromatic rings. The van der Waals surface area contributed by atoms with Crippen LogP contribution < -0.4 is 10.1 Å². The largest absolute Gasteiger partial charge is 0.497 e. The number of carbonyl (C=O) groups is 1. The molecule has 1 aromatic heterocycles. The number of nitrogens with zero attached hydrogens (tertiary/aromatic N) is 3. The molecule has 1 N–H and O–H groups in total. The average molecular weight is 491 g/mol. The van der Waals surface area contributed by atoms with E-state index in [2.05, 4.69) is 40.6 Å². The van der Waals surface area contributed by atoms with E-state index >= 15 is 0 Å². The Balaban J connectivity index is 1.47. The predicted octanol–water partition coefficient (Wildman–Crippen LogP) is 5.29. The van der Waals surface area contributed by atoms with E-state index in [1.165, 1.54) is 17.3 Å². The average Bonchev–Trinajstić information content (AvgIpc) is 3.29. The molecule has 0 spiro atoms. The Kier molecular flexibility index (Phi) is 8.27. The highest BCUT2D eigenvalue weighted by Crippen LogP contribution is 2.27. The number of nitrogens with one attached hydrogen (secondary N) is 1. The Bertz CT molecular complexity index is 1230. The molecule has 0 aliphatic rings. The second-order valence-corrected chi connectivity index (χ2v) is 9.58. The Morgan fingerprint density at radius 2 is 1.76 bits per heavy atom. The fourth-order valence-electron chi connectivity index (χ4n) is 3.27. The Labute approximate surface area is 208 Å². The third kappa shape index (κ3) is 6.42. The molecule has 0 saturated carbocycles. The first kappa shape index (κ1) is 23.9. The first-order valence-electron chi connectivity index (χ1n) is 10.8. The van der Waals surface area contributed by atoms with Crippen LogP contribution in [-0.2, 0) is 17.1 Å². The molecule has 0 radical (unpaired) electrons. The van der Waals surface area contributed by atoms with Crippen LogP contribution >= 0.6 is 23.5 Å². The highest BCUT2D eigenvalue weighted by atomic mass is 32.2. The molecule has 0 saturated heterocycles. The normalized spacial score (nSPS) is 10.8. The minimum absolute atomic E-state index is 0.0436. The van der Waals surface area contributed by atoms with Gasteiger partial charge in [-0.15, -0.1) is 22.0 Å². The lowest BCUT2D eigenvalue weighted by Gasteiger charge is -2.12. The van der Waals surface area contributed by atoms with Crippen molar-refractivity contribution in [3.05, 3.63) is 95.8 Å². The van der Waals surface area contributed by atoms with Crippen LogP contribution in [0.3, 0.4) is 0 Å². The van der Waals surface area contributed by atoms with Gasteiger partial charge in [0, 0.05) is 16.3 Å². The summed E-state index contributed by atoms with van der Waals surface area (Å²) in [6.07, 6.45) is 0. The van der Waals surface area contributed by atoms with E-state index in [1.54, 1.807) is 18.9 Å². The fraction of sp³-hybridized carbons (Fsp3) is 0.192. The minimum atomic E-state index is -0.0436. The topological polar surface area (TPSA) is 69.0 Å². The van der Waals surface area contributed by atoms with E-state index in [-0.39, 0.29) is 5.91 Å². The number of methoxy groups -OCH3 is 1. The molecule has 3 aromatic carbocycles. The van der Waals surface area contributed by atoms with E-state index in [0.717, 1.165) is 32.8 Å². The number of ether oxygens (including phenoxy) is 1. The van der Waals surface area contributed by atoms with Crippen molar-refractivity contribution in [3.63, 3.8) is 0 Å². The number of hydrogen-bond acceptors (Lipinski definition) is 6. The number of rotatable bonds is 10. The van der Waals surface area contributed by atoms with Crippen LogP contribution in [0.5, 0.6) is 5.75 Å². The van der Waals surface area contributed by atoms with Crippen molar-refractivity contribution < 1.29 is 9.53 Å². The van der Waals surface area contributed by atoms with Gasteiger partial charge >= 0.3 is 0 Å². The number of hydrogen-bond donors (Lipinski definition) is 1. The summed E-state index contributed by atoms with van der Waals surface area (Å²) < 4.78 is 7.34. The lowest BCUT2D eigenvalue weighted by molar-refractivity contribution is -0.118. The van der Waals surface area contributed by atoms with Gasteiger partial charge in [0.2, 0.25) is 5.91 Å². The summed E-state index contributed by atoms with van der Waals surface area (Å²) in [7, 11) is 1.67. The summed E-state index contributed by atoms with van der Waals surface area (Å²) in [6.45, 7) is 2.36.